The fraction of sp³-hybridized carbons (Fsp3) is 1.00. The SMILES string of the molecule is O=S(=O)(O)CCC[N+]12CN3CN(CP(C3)C1)C2. The number of hydrogen-bond donors (Lipinski definition) is 1. The molecule has 17 heavy (non-hydrogen) atoms. The summed E-state index contributed by atoms with van der Waals surface area (Å²) in [4.78, 5) is 4.99. The van der Waals surface area contributed by atoms with Gasteiger partial charge in [-0.3, -0.25) is 9.04 Å². The van der Waals surface area contributed by atoms with Crippen molar-refractivity contribution in [1.29, 1.82) is 0 Å². The second-order valence-electron chi connectivity index (χ2n) is 5.57. The zero-order valence-corrected chi connectivity index (χ0v) is 11.5. The highest BCUT2D eigenvalue weighted by molar-refractivity contribution is 7.85. The molecule has 4 bridgehead atoms. The minimum atomic E-state index is -3.79. The van der Waals surface area contributed by atoms with Crippen LogP contribution in [0.4, 0.5) is 0 Å². The van der Waals surface area contributed by atoms with Crippen LogP contribution in [0.3, 0.4) is 0 Å². The fourth-order valence-electron chi connectivity index (χ4n) is 3.45. The first kappa shape index (κ1) is 12.3. The van der Waals surface area contributed by atoms with Crippen molar-refractivity contribution in [2.75, 3.05) is 51.2 Å². The van der Waals surface area contributed by atoms with Crippen molar-refractivity contribution < 1.29 is 17.5 Å². The van der Waals surface area contributed by atoms with Gasteiger partial charge in [-0.15, -0.1) is 0 Å². The highest BCUT2D eigenvalue weighted by atomic mass is 32.2. The van der Waals surface area contributed by atoms with Crippen LogP contribution in [0.25, 0.3) is 0 Å². The Bertz CT molecular complexity index is 378. The number of hydrogen-bond acceptors (Lipinski definition) is 4. The third-order valence-electron chi connectivity index (χ3n) is 3.73. The molecule has 8 heteroatoms. The predicted molar refractivity (Wildman–Crippen MR) is 66.0 cm³/mol. The summed E-state index contributed by atoms with van der Waals surface area (Å²) in [6, 6.07) is 0. The van der Waals surface area contributed by atoms with Crippen LogP contribution in [0.1, 0.15) is 6.42 Å². The van der Waals surface area contributed by atoms with E-state index in [1.54, 1.807) is 0 Å². The molecule has 0 saturated carbocycles. The molecule has 2 atom stereocenters. The van der Waals surface area contributed by atoms with Crippen molar-refractivity contribution in [1.82, 2.24) is 9.80 Å². The minimum absolute atomic E-state index is 0.0923. The molecule has 0 aromatic carbocycles. The molecule has 98 valence electrons. The molecule has 4 aliphatic rings. The Morgan fingerprint density at radius 2 is 1.88 bits per heavy atom. The van der Waals surface area contributed by atoms with Gasteiger partial charge in [-0.05, 0) is 7.92 Å². The summed E-state index contributed by atoms with van der Waals surface area (Å²) in [6.45, 7) is 4.12. The maximum Gasteiger partial charge on any atom is 0.265 e. The van der Waals surface area contributed by atoms with E-state index in [9.17, 15) is 8.42 Å². The first-order valence-electron chi connectivity index (χ1n) is 5.92. The van der Waals surface area contributed by atoms with E-state index >= 15 is 0 Å². The topological polar surface area (TPSA) is 60.9 Å². The maximum atomic E-state index is 10.7. The number of quaternary nitrogens is 1. The van der Waals surface area contributed by atoms with Gasteiger partial charge in [0.2, 0.25) is 0 Å². The van der Waals surface area contributed by atoms with E-state index in [1.165, 1.54) is 18.9 Å². The van der Waals surface area contributed by atoms with Crippen LogP contribution >= 0.6 is 7.92 Å². The van der Waals surface area contributed by atoms with Gasteiger partial charge in [0.15, 0.2) is 0 Å². The summed E-state index contributed by atoms with van der Waals surface area (Å²) >= 11 is 0. The van der Waals surface area contributed by atoms with Gasteiger partial charge in [-0.1, -0.05) is 0 Å². The second-order valence-corrected chi connectivity index (χ2v) is 9.33. The van der Waals surface area contributed by atoms with Gasteiger partial charge in [0.1, 0.15) is 19.6 Å². The average Bonchev–Trinajstić information content (AvgIpc) is 2.11. The minimum Gasteiger partial charge on any atom is -0.295 e. The Hall–Kier alpha value is 0.220. The first-order valence-corrected chi connectivity index (χ1v) is 9.42. The predicted octanol–water partition coefficient (Wildman–Crippen LogP) is -0.0472. The largest absolute Gasteiger partial charge is 0.295 e. The van der Waals surface area contributed by atoms with Crippen LogP contribution < -0.4 is 0 Å². The van der Waals surface area contributed by atoms with Crippen LogP contribution in [0.15, 0.2) is 0 Å². The Morgan fingerprint density at radius 1 is 1.24 bits per heavy atom. The lowest BCUT2D eigenvalue weighted by atomic mass is 10.3. The molecule has 2 unspecified atom stereocenters. The lowest BCUT2D eigenvalue weighted by molar-refractivity contribution is -0.948. The van der Waals surface area contributed by atoms with Gasteiger partial charge in [0.25, 0.3) is 10.1 Å². The molecule has 0 aromatic heterocycles. The molecule has 4 heterocycles. The fourth-order valence-corrected chi connectivity index (χ4v) is 6.87. The number of rotatable bonds is 4. The molecule has 4 rings (SSSR count). The van der Waals surface area contributed by atoms with Crippen molar-refractivity contribution in [3.05, 3.63) is 0 Å². The molecule has 0 aliphatic carbocycles. The summed E-state index contributed by atoms with van der Waals surface area (Å²) in [5.74, 6) is -0.0923. The van der Waals surface area contributed by atoms with E-state index in [2.05, 4.69) is 9.80 Å². The maximum absolute atomic E-state index is 10.7. The zero-order chi connectivity index (χ0) is 12.1. The third-order valence-corrected chi connectivity index (χ3v) is 7.14. The van der Waals surface area contributed by atoms with Crippen LogP contribution in [-0.2, 0) is 10.1 Å². The smallest absolute Gasteiger partial charge is 0.265 e. The van der Waals surface area contributed by atoms with Gasteiger partial charge >= 0.3 is 0 Å². The van der Waals surface area contributed by atoms with E-state index in [1.807, 2.05) is 0 Å². The summed E-state index contributed by atoms with van der Waals surface area (Å²) in [5.41, 5.74) is 0. The Labute approximate surface area is 103 Å². The Kier molecular flexibility index (Phi) is 2.97. The lowest BCUT2D eigenvalue weighted by Gasteiger charge is -2.59. The molecular weight excluding hydrogens is 261 g/mol. The highest BCUT2D eigenvalue weighted by Crippen LogP contribution is 2.50. The molecular formula is C9H19N3O3PS+. The molecule has 4 fully saturated rings. The number of nitrogens with zero attached hydrogens (tertiary/aromatic N) is 3. The highest BCUT2D eigenvalue weighted by Gasteiger charge is 2.48. The van der Waals surface area contributed by atoms with Gasteiger partial charge in [0, 0.05) is 19.0 Å². The van der Waals surface area contributed by atoms with Gasteiger partial charge in [0.05, 0.1) is 19.0 Å². The van der Waals surface area contributed by atoms with E-state index in [0.29, 0.717) is 6.42 Å². The van der Waals surface area contributed by atoms with E-state index in [4.69, 9.17) is 4.55 Å². The molecule has 4 saturated heterocycles. The molecule has 1 N–H and O–H groups in total. The summed E-state index contributed by atoms with van der Waals surface area (Å²) in [5, 5.41) is 0. The van der Waals surface area contributed by atoms with Crippen molar-refractivity contribution in [3.8, 4) is 0 Å². The lowest BCUT2D eigenvalue weighted by Crippen LogP contribution is -2.72. The molecule has 6 nitrogen and oxygen atoms in total. The van der Waals surface area contributed by atoms with Crippen molar-refractivity contribution in [3.63, 3.8) is 0 Å². The van der Waals surface area contributed by atoms with Crippen LogP contribution in [0.5, 0.6) is 0 Å². The Morgan fingerprint density at radius 3 is 2.41 bits per heavy atom. The summed E-state index contributed by atoms with van der Waals surface area (Å²) < 4.78 is 31.3. The van der Waals surface area contributed by atoms with E-state index in [-0.39, 0.29) is 13.7 Å². The monoisotopic (exact) mass is 280 g/mol. The van der Waals surface area contributed by atoms with E-state index < -0.39 is 10.1 Å². The second kappa shape index (κ2) is 4.11. The van der Waals surface area contributed by atoms with Crippen LogP contribution in [0.2, 0.25) is 0 Å². The van der Waals surface area contributed by atoms with Crippen molar-refractivity contribution in [2.45, 2.75) is 6.42 Å². The van der Waals surface area contributed by atoms with Crippen molar-refractivity contribution >= 4 is 18.0 Å². The van der Waals surface area contributed by atoms with Crippen molar-refractivity contribution in [2.24, 2.45) is 0 Å². The standard InChI is InChI=1S/C9H18N3O3PS/c13-17(14,15)3-1-2-12-5-10-4-11(6-12)8-16(7-10)9-12/h1-9H2/p+1. The third kappa shape index (κ3) is 2.64. The quantitative estimate of drug-likeness (QED) is 0.444. The van der Waals surface area contributed by atoms with E-state index in [0.717, 1.165) is 31.0 Å². The Balaban J connectivity index is 1.62. The summed E-state index contributed by atoms with van der Waals surface area (Å²) in [7, 11) is -3.68. The average molecular weight is 280 g/mol. The summed E-state index contributed by atoms with van der Waals surface area (Å²) in [6.07, 6.45) is 4.35. The van der Waals surface area contributed by atoms with Gasteiger partial charge in [-0.25, -0.2) is 9.80 Å². The molecule has 0 amide bonds. The molecule has 0 spiro atoms. The van der Waals surface area contributed by atoms with Gasteiger partial charge < -0.3 is 0 Å². The normalized spacial score (nSPS) is 44.2. The van der Waals surface area contributed by atoms with Crippen LogP contribution in [0, 0.1) is 0 Å². The molecule has 0 aromatic rings. The molecule has 4 aliphatic heterocycles. The zero-order valence-electron chi connectivity index (χ0n) is 9.82. The molecule has 0 radical (unpaired) electrons. The van der Waals surface area contributed by atoms with Crippen LogP contribution in [-0.4, -0.2) is 78.4 Å². The van der Waals surface area contributed by atoms with Gasteiger partial charge in [-0.2, -0.15) is 8.42 Å². The first-order chi connectivity index (χ1) is 7.94.